The lowest BCUT2D eigenvalue weighted by atomic mass is 10.1. The van der Waals surface area contributed by atoms with Crippen molar-refractivity contribution in [2.45, 2.75) is 57.8 Å². The number of amidine groups is 1. The van der Waals surface area contributed by atoms with Gasteiger partial charge in [0.1, 0.15) is 11.9 Å². The normalized spacial score (nSPS) is 26.8. The quantitative estimate of drug-likeness (QED) is 0.285. The van der Waals surface area contributed by atoms with E-state index in [1.807, 2.05) is 13.8 Å². The van der Waals surface area contributed by atoms with E-state index in [2.05, 4.69) is 10.5 Å². The first-order chi connectivity index (χ1) is 8.06. The molecule has 98 valence electrons. The summed E-state index contributed by atoms with van der Waals surface area (Å²) >= 11 is 0. The molecule has 1 rings (SSSR count). The molecule has 0 spiro atoms. The third-order valence-electron chi connectivity index (χ3n) is 2.95. The van der Waals surface area contributed by atoms with Crippen molar-refractivity contribution in [3.63, 3.8) is 0 Å². The standard InChI is InChI=1S/C11H21N3O3/c1-3-8(6-10(12)14-16)13-11(15)9-5-4-7(2)17-9/h7-9,16H,3-6H2,1-2H3,(H2,12,14)(H,13,15). The van der Waals surface area contributed by atoms with E-state index in [1.165, 1.54) is 0 Å². The van der Waals surface area contributed by atoms with Crippen LogP contribution in [0.5, 0.6) is 0 Å². The van der Waals surface area contributed by atoms with Crippen LogP contribution in [0.4, 0.5) is 0 Å². The van der Waals surface area contributed by atoms with E-state index in [-0.39, 0.29) is 30.0 Å². The van der Waals surface area contributed by atoms with Gasteiger partial charge in [-0.15, -0.1) is 0 Å². The summed E-state index contributed by atoms with van der Waals surface area (Å²) in [6.07, 6.45) is 2.54. The van der Waals surface area contributed by atoms with Gasteiger partial charge in [-0.05, 0) is 26.2 Å². The van der Waals surface area contributed by atoms with Crippen LogP contribution in [0.25, 0.3) is 0 Å². The van der Waals surface area contributed by atoms with Crippen LogP contribution in [0, 0.1) is 0 Å². The average Bonchev–Trinajstić information content (AvgIpc) is 2.74. The van der Waals surface area contributed by atoms with Gasteiger partial charge in [-0.25, -0.2) is 0 Å². The maximum Gasteiger partial charge on any atom is 0.249 e. The molecule has 1 heterocycles. The minimum atomic E-state index is -0.355. The van der Waals surface area contributed by atoms with Crippen molar-refractivity contribution in [1.82, 2.24) is 5.32 Å². The fraction of sp³-hybridized carbons (Fsp3) is 0.818. The molecular formula is C11H21N3O3. The van der Waals surface area contributed by atoms with Crippen LogP contribution in [0.2, 0.25) is 0 Å². The van der Waals surface area contributed by atoms with E-state index in [1.54, 1.807) is 0 Å². The maximum absolute atomic E-state index is 11.9. The van der Waals surface area contributed by atoms with Gasteiger partial charge in [0.2, 0.25) is 5.91 Å². The molecule has 0 aromatic heterocycles. The smallest absolute Gasteiger partial charge is 0.249 e. The summed E-state index contributed by atoms with van der Waals surface area (Å²) in [6.45, 7) is 3.90. The van der Waals surface area contributed by atoms with Crippen molar-refractivity contribution in [2.75, 3.05) is 0 Å². The van der Waals surface area contributed by atoms with Crippen LogP contribution < -0.4 is 11.1 Å². The Bertz CT molecular complexity index is 294. The molecule has 1 aliphatic heterocycles. The van der Waals surface area contributed by atoms with Gasteiger partial charge in [0.15, 0.2) is 0 Å². The SMILES string of the molecule is CCC(CC(N)=NO)NC(=O)C1CCC(C)O1. The van der Waals surface area contributed by atoms with Crippen LogP contribution in [0.1, 0.15) is 39.5 Å². The van der Waals surface area contributed by atoms with Gasteiger partial charge in [0, 0.05) is 12.5 Å². The minimum absolute atomic E-state index is 0.105. The number of nitrogens with two attached hydrogens (primary N) is 1. The Balaban J connectivity index is 2.42. The van der Waals surface area contributed by atoms with Crippen molar-refractivity contribution in [3.05, 3.63) is 0 Å². The lowest BCUT2D eigenvalue weighted by molar-refractivity contribution is -0.132. The van der Waals surface area contributed by atoms with Gasteiger partial charge in [-0.1, -0.05) is 12.1 Å². The number of carbonyl (C=O) groups is 1. The largest absolute Gasteiger partial charge is 0.409 e. The topological polar surface area (TPSA) is 96.9 Å². The molecule has 1 saturated heterocycles. The Morgan fingerprint density at radius 3 is 2.82 bits per heavy atom. The predicted octanol–water partition coefficient (Wildman–Crippen LogP) is 0.585. The molecule has 4 N–H and O–H groups in total. The molecule has 3 unspecified atom stereocenters. The fourth-order valence-corrected chi connectivity index (χ4v) is 1.88. The molecule has 1 fully saturated rings. The Kier molecular flexibility index (Phi) is 5.21. The van der Waals surface area contributed by atoms with Gasteiger partial charge < -0.3 is 21.0 Å². The Hall–Kier alpha value is -1.30. The van der Waals surface area contributed by atoms with Crippen molar-refractivity contribution >= 4 is 11.7 Å². The van der Waals surface area contributed by atoms with E-state index in [0.29, 0.717) is 6.42 Å². The lowest BCUT2D eigenvalue weighted by Gasteiger charge is -2.19. The number of hydrogen-bond donors (Lipinski definition) is 3. The van der Waals surface area contributed by atoms with E-state index < -0.39 is 0 Å². The molecular weight excluding hydrogens is 222 g/mol. The van der Waals surface area contributed by atoms with Crippen molar-refractivity contribution in [2.24, 2.45) is 10.9 Å². The first-order valence-electron chi connectivity index (χ1n) is 5.99. The average molecular weight is 243 g/mol. The first-order valence-corrected chi connectivity index (χ1v) is 5.99. The van der Waals surface area contributed by atoms with Crippen LogP contribution in [0.3, 0.4) is 0 Å². The second-order valence-corrected chi connectivity index (χ2v) is 4.42. The van der Waals surface area contributed by atoms with Gasteiger partial charge in [-0.2, -0.15) is 0 Å². The van der Waals surface area contributed by atoms with E-state index in [9.17, 15) is 4.79 Å². The molecule has 17 heavy (non-hydrogen) atoms. The van der Waals surface area contributed by atoms with Crippen LogP contribution in [-0.2, 0) is 9.53 Å². The second kappa shape index (κ2) is 6.44. The summed E-state index contributed by atoms with van der Waals surface area (Å²) < 4.78 is 5.48. The molecule has 0 saturated carbocycles. The second-order valence-electron chi connectivity index (χ2n) is 4.42. The third-order valence-corrected chi connectivity index (χ3v) is 2.95. The molecule has 0 aromatic carbocycles. The number of carbonyl (C=O) groups excluding carboxylic acids is 1. The summed E-state index contributed by atoms with van der Waals surface area (Å²) in [5, 5.41) is 14.2. The van der Waals surface area contributed by atoms with Crippen LogP contribution in [0.15, 0.2) is 5.16 Å². The number of hydrogen-bond acceptors (Lipinski definition) is 4. The van der Waals surface area contributed by atoms with Gasteiger partial charge in [0.25, 0.3) is 0 Å². The highest BCUT2D eigenvalue weighted by Gasteiger charge is 2.29. The molecule has 1 aliphatic rings. The number of amides is 1. The van der Waals surface area contributed by atoms with E-state index in [0.717, 1.165) is 19.3 Å². The number of nitrogens with one attached hydrogen (secondary N) is 1. The third kappa shape index (κ3) is 4.22. The van der Waals surface area contributed by atoms with Crippen LogP contribution in [-0.4, -0.2) is 35.2 Å². The molecule has 6 nitrogen and oxygen atoms in total. The molecule has 0 aromatic rings. The maximum atomic E-state index is 11.9. The highest BCUT2D eigenvalue weighted by atomic mass is 16.5. The Morgan fingerprint density at radius 1 is 1.65 bits per heavy atom. The van der Waals surface area contributed by atoms with Gasteiger partial charge >= 0.3 is 0 Å². The summed E-state index contributed by atoms with van der Waals surface area (Å²) in [4.78, 5) is 11.9. The van der Waals surface area contributed by atoms with Crippen molar-refractivity contribution in [3.8, 4) is 0 Å². The molecule has 1 amide bonds. The summed E-state index contributed by atoms with van der Waals surface area (Å²) in [6, 6.07) is -0.113. The first kappa shape index (κ1) is 13.8. The van der Waals surface area contributed by atoms with E-state index >= 15 is 0 Å². The highest BCUT2D eigenvalue weighted by molar-refractivity contribution is 5.83. The highest BCUT2D eigenvalue weighted by Crippen LogP contribution is 2.19. The summed E-state index contributed by atoms with van der Waals surface area (Å²) in [7, 11) is 0. The summed E-state index contributed by atoms with van der Waals surface area (Å²) in [5.74, 6) is 0.0183. The molecule has 6 heteroatoms. The fourth-order valence-electron chi connectivity index (χ4n) is 1.88. The molecule has 0 radical (unpaired) electrons. The number of nitrogens with zero attached hydrogens (tertiary/aromatic N) is 1. The number of ether oxygens (including phenoxy) is 1. The number of rotatable bonds is 5. The van der Waals surface area contributed by atoms with Gasteiger partial charge in [-0.3, -0.25) is 4.79 Å². The number of oxime groups is 1. The molecule has 0 bridgehead atoms. The van der Waals surface area contributed by atoms with Crippen molar-refractivity contribution in [1.29, 1.82) is 0 Å². The molecule has 3 atom stereocenters. The minimum Gasteiger partial charge on any atom is -0.409 e. The van der Waals surface area contributed by atoms with Gasteiger partial charge in [0.05, 0.1) is 6.10 Å². The zero-order valence-electron chi connectivity index (χ0n) is 10.3. The Morgan fingerprint density at radius 2 is 2.35 bits per heavy atom. The summed E-state index contributed by atoms with van der Waals surface area (Å²) in [5.41, 5.74) is 5.42. The Labute approximate surface area is 101 Å². The van der Waals surface area contributed by atoms with Crippen molar-refractivity contribution < 1.29 is 14.7 Å². The predicted molar refractivity (Wildman–Crippen MR) is 63.8 cm³/mol. The monoisotopic (exact) mass is 243 g/mol. The zero-order chi connectivity index (χ0) is 12.8. The molecule has 0 aliphatic carbocycles. The van der Waals surface area contributed by atoms with Crippen LogP contribution >= 0.6 is 0 Å². The van der Waals surface area contributed by atoms with E-state index in [4.69, 9.17) is 15.7 Å². The lowest BCUT2D eigenvalue weighted by Crippen LogP contribution is -2.42. The zero-order valence-corrected chi connectivity index (χ0v) is 10.3.